The van der Waals surface area contributed by atoms with Crippen LogP contribution in [0, 0.1) is 0 Å². The first-order chi connectivity index (χ1) is 7.13. The number of likely N-dealkylation sites (tertiary alicyclic amines) is 1. The molecule has 1 atom stereocenters. The van der Waals surface area contributed by atoms with Gasteiger partial charge in [0.25, 0.3) is 0 Å². The predicted octanol–water partition coefficient (Wildman–Crippen LogP) is 1.35. The van der Waals surface area contributed by atoms with Gasteiger partial charge in [-0.1, -0.05) is 0 Å². The smallest absolute Gasteiger partial charge is 0.304 e. The van der Waals surface area contributed by atoms with Gasteiger partial charge in [-0.2, -0.15) is 0 Å². The van der Waals surface area contributed by atoms with E-state index in [4.69, 9.17) is 9.84 Å². The van der Waals surface area contributed by atoms with Crippen LogP contribution in [0.15, 0.2) is 0 Å². The van der Waals surface area contributed by atoms with E-state index in [0.29, 0.717) is 6.10 Å². The van der Waals surface area contributed by atoms with E-state index in [-0.39, 0.29) is 12.5 Å². The molecule has 0 spiro atoms. The van der Waals surface area contributed by atoms with Crippen LogP contribution in [0.2, 0.25) is 0 Å². The lowest BCUT2D eigenvalue weighted by Crippen LogP contribution is -2.42. The molecule has 0 bridgehead atoms. The van der Waals surface area contributed by atoms with Gasteiger partial charge in [0.15, 0.2) is 0 Å². The zero-order valence-corrected chi connectivity index (χ0v) is 9.61. The van der Waals surface area contributed by atoms with Crippen molar-refractivity contribution in [3.8, 4) is 0 Å². The molecular weight excluding hydrogens is 194 g/mol. The second-order valence-electron chi connectivity index (χ2n) is 4.14. The fourth-order valence-electron chi connectivity index (χ4n) is 2.10. The molecule has 0 radical (unpaired) electrons. The van der Waals surface area contributed by atoms with E-state index >= 15 is 0 Å². The van der Waals surface area contributed by atoms with Gasteiger partial charge in [0.2, 0.25) is 0 Å². The number of carboxylic acids is 1. The standard InChI is InChI=1S/C11H21NO3/c1-3-15-10-4-6-12(7-5-10)9(2)8-11(13)14/h9-10H,3-8H2,1-2H3,(H,13,14). The summed E-state index contributed by atoms with van der Waals surface area (Å²) in [4.78, 5) is 12.8. The van der Waals surface area contributed by atoms with Gasteiger partial charge in [0.1, 0.15) is 0 Å². The van der Waals surface area contributed by atoms with Crippen molar-refractivity contribution in [1.29, 1.82) is 0 Å². The molecule has 1 aliphatic heterocycles. The minimum atomic E-state index is -0.713. The molecule has 1 unspecified atom stereocenters. The number of nitrogens with zero attached hydrogens (tertiary/aromatic N) is 1. The third-order valence-electron chi connectivity index (χ3n) is 2.97. The zero-order valence-electron chi connectivity index (χ0n) is 9.61. The fourth-order valence-corrected chi connectivity index (χ4v) is 2.10. The van der Waals surface area contributed by atoms with Gasteiger partial charge >= 0.3 is 5.97 Å². The number of rotatable bonds is 5. The van der Waals surface area contributed by atoms with Crippen molar-refractivity contribution in [2.45, 2.75) is 45.3 Å². The molecule has 1 fully saturated rings. The Bertz CT molecular complexity index is 200. The van der Waals surface area contributed by atoms with Crippen LogP contribution in [0.25, 0.3) is 0 Å². The number of carbonyl (C=O) groups is 1. The average molecular weight is 215 g/mol. The molecule has 0 amide bonds. The number of aliphatic carboxylic acids is 1. The van der Waals surface area contributed by atoms with E-state index in [1.165, 1.54) is 0 Å². The molecule has 0 aromatic carbocycles. The van der Waals surface area contributed by atoms with Crippen LogP contribution < -0.4 is 0 Å². The lowest BCUT2D eigenvalue weighted by molar-refractivity contribution is -0.138. The SMILES string of the molecule is CCOC1CCN(C(C)CC(=O)O)CC1. The summed E-state index contributed by atoms with van der Waals surface area (Å²) in [6, 6.07) is 0.144. The summed E-state index contributed by atoms with van der Waals surface area (Å²) in [7, 11) is 0. The van der Waals surface area contributed by atoms with Gasteiger partial charge in [-0.3, -0.25) is 9.69 Å². The molecule has 0 aliphatic carbocycles. The first-order valence-corrected chi connectivity index (χ1v) is 5.71. The lowest BCUT2D eigenvalue weighted by Gasteiger charge is -2.35. The Labute approximate surface area is 91.2 Å². The van der Waals surface area contributed by atoms with E-state index in [1.54, 1.807) is 0 Å². The number of ether oxygens (including phenoxy) is 1. The van der Waals surface area contributed by atoms with Gasteiger partial charge in [0.05, 0.1) is 12.5 Å². The summed E-state index contributed by atoms with van der Waals surface area (Å²) in [6.45, 7) is 6.68. The normalized spacial score (nSPS) is 21.5. The second kappa shape index (κ2) is 6.08. The summed E-state index contributed by atoms with van der Waals surface area (Å²) in [5.41, 5.74) is 0. The molecule has 15 heavy (non-hydrogen) atoms. The summed E-state index contributed by atoms with van der Waals surface area (Å²) in [5, 5.41) is 8.70. The van der Waals surface area contributed by atoms with Crippen molar-refractivity contribution >= 4 is 5.97 Å². The topological polar surface area (TPSA) is 49.8 Å². The molecule has 1 heterocycles. The maximum atomic E-state index is 10.6. The van der Waals surface area contributed by atoms with Crippen LogP contribution >= 0.6 is 0 Å². The zero-order chi connectivity index (χ0) is 11.3. The summed E-state index contributed by atoms with van der Waals surface area (Å²) in [6.07, 6.45) is 2.66. The van der Waals surface area contributed by atoms with Crippen LogP contribution in [-0.4, -0.2) is 47.8 Å². The number of carboxylic acid groups (broad SMARTS) is 1. The van der Waals surface area contributed by atoms with Crippen LogP contribution in [0.4, 0.5) is 0 Å². The second-order valence-corrected chi connectivity index (χ2v) is 4.14. The van der Waals surface area contributed by atoms with Gasteiger partial charge in [-0.25, -0.2) is 0 Å². The van der Waals surface area contributed by atoms with Gasteiger partial charge < -0.3 is 9.84 Å². The third kappa shape index (κ3) is 4.18. The highest BCUT2D eigenvalue weighted by molar-refractivity contribution is 5.67. The number of hydrogen-bond donors (Lipinski definition) is 1. The Morgan fingerprint density at radius 2 is 2.13 bits per heavy atom. The molecule has 0 aromatic rings. The summed E-state index contributed by atoms with van der Waals surface area (Å²) < 4.78 is 5.55. The van der Waals surface area contributed by atoms with Crippen molar-refractivity contribution in [1.82, 2.24) is 4.90 Å². The highest BCUT2D eigenvalue weighted by atomic mass is 16.5. The lowest BCUT2D eigenvalue weighted by atomic mass is 10.0. The Kier molecular flexibility index (Phi) is 5.05. The third-order valence-corrected chi connectivity index (χ3v) is 2.97. The molecule has 0 saturated carbocycles. The van der Waals surface area contributed by atoms with E-state index < -0.39 is 5.97 Å². The Hall–Kier alpha value is -0.610. The molecule has 1 aliphatic rings. The largest absolute Gasteiger partial charge is 0.481 e. The highest BCUT2D eigenvalue weighted by Crippen LogP contribution is 2.17. The minimum Gasteiger partial charge on any atom is -0.481 e. The molecule has 1 saturated heterocycles. The molecular formula is C11H21NO3. The molecule has 1 rings (SSSR count). The molecule has 1 N–H and O–H groups in total. The fraction of sp³-hybridized carbons (Fsp3) is 0.909. The Morgan fingerprint density at radius 1 is 1.53 bits per heavy atom. The van der Waals surface area contributed by atoms with Crippen LogP contribution in [0.1, 0.15) is 33.1 Å². The van der Waals surface area contributed by atoms with Crippen molar-refractivity contribution < 1.29 is 14.6 Å². The number of piperidine rings is 1. The number of hydrogen-bond acceptors (Lipinski definition) is 3. The van der Waals surface area contributed by atoms with Crippen molar-refractivity contribution in [3.63, 3.8) is 0 Å². The van der Waals surface area contributed by atoms with Crippen LogP contribution in [0.5, 0.6) is 0 Å². The van der Waals surface area contributed by atoms with E-state index in [9.17, 15) is 4.79 Å². The van der Waals surface area contributed by atoms with Crippen molar-refractivity contribution in [2.24, 2.45) is 0 Å². The van der Waals surface area contributed by atoms with E-state index in [1.807, 2.05) is 13.8 Å². The van der Waals surface area contributed by atoms with Crippen molar-refractivity contribution in [2.75, 3.05) is 19.7 Å². The first kappa shape index (κ1) is 12.5. The minimum absolute atomic E-state index is 0.144. The van der Waals surface area contributed by atoms with E-state index in [2.05, 4.69) is 4.90 Å². The average Bonchev–Trinajstić information content (AvgIpc) is 2.18. The van der Waals surface area contributed by atoms with Gasteiger partial charge in [-0.05, 0) is 26.7 Å². The predicted molar refractivity (Wildman–Crippen MR) is 57.9 cm³/mol. The van der Waals surface area contributed by atoms with E-state index in [0.717, 1.165) is 32.5 Å². The molecule has 4 heteroatoms. The van der Waals surface area contributed by atoms with Gasteiger partial charge in [0, 0.05) is 25.7 Å². The van der Waals surface area contributed by atoms with Crippen molar-refractivity contribution in [3.05, 3.63) is 0 Å². The molecule has 4 nitrogen and oxygen atoms in total. The molecule has 0 aromatic heterocycles. The first-order valence-electron chi connectivity index (χ1n) is 5.71. The summed E-state index contributed by atoms with van der Waals surface area (Å²) >= 11 is 0. The van der Waals surface area contributed by atoms with Gasteiger partial charge in [-0.15, -0.1) is 0 Å². The maximum Gasteiger partial charge on any atom is 0.304 e. The van der Waals surface area contributed by atoms with Crippen LogP contribution in [-0.2, 0) is 9.53 Å². The quantitative estimate of drug-likeness (QED) is 0.752. The van der Waals surface area contributed by atoms with Crippen LogP contribution in [0.3, 0.4) is 0 Å². The molecule has 88 valence electrons. The highest BCUT2D eigenvalue weighted by Gasteiger charge is 2.23. The Balaban J connectivity index is 2.27. The maximum absolute atomic E-state index is 10.6. The Morgan fingerprint density at radius 3 is 2.60 bits per heavy atom. The summed E-state index contributed by atoms with van der Waals surface area (Å²) in [5.74, 6) is -0.713. The monoisotopic (exact) mass is 215 g/mol.